The number of nitrogens with zero attached hydrogens (tertiary/aromatic N) is 3. The second-order valence-electron chi connectivity index (χ2n) is 3.77. The van der Waals surface area contributed by atoms with E-state index in [9.17, 15) is 9.18 Å². The molecule has 0 amide bonds. The van der Waals surface area contributed by atoms with Gasteiger partial charge in [0.05, 0.1) is 34.0 Å². The minimum atomic E-state index is -0.914. The SMILES string of the molecule is O=C(O)CCc1cn(-c2cc(Cl)c(F)c(Cl)c2)nn1. The molecule has 0 atom stereocenters. The monoisotopic (exact) mass is 303 g/mol. The average Bonchev–Trinajstić information content (AvgIpc) is 2.81. The molecule has 1 aromatic carbocycles. The van der Waals surface area contributed by atoms with E-state index in [4.69, 9.17) is 28.3 Å². The maximum atomic E-state index is 13.3. The third-order valence-electron chi connectivity index (χ3n) is 2.37. The lowest BCUT2D eigenvalue weighted by atomic mass is 10.2. The molecular weight excluding hydrogens is 296 g/mol. The first-order chi connectivity index (χ1) is 8.97. The number of carbonyl (C=O) groups is 1. The topological polar surface area (TPSA) is 68.0 Å². The summed E-state index contributed by atoms with van der Waals surface area (Å²) in [5, 5.41) is 16.0. The van der Waals surface area contributed by atoms with Gasteiger partial charge < -0.3 is 5.11 Å². The quantitative estimate of drug-likeness (QED) is 0.882. The second kappa shape index (κ2) is 5.54. The zero-order valence-corrected chi connectivity index (χ0v) is 11.0. The molecule has 1 aromatic heterocycles. The number of aromatic nitrogens is 3. The van der Waals surface area contributed by atoms with Crippen molar-refractivity contribution in [2.75, 3.05) is 0 Å². The number of carboxylic acid groups (broad SMARTS) is 1. The molecule has 1 N–H and O–H groups in total. The van der Waals surface area contributed by atoms with Crippen molar-refractivity contribution < 1.29 is 14.3 Å². The molecule has 1 heterocycles. The van der Waals surface area contributed by atoms with Crippen LogP contribution >= 0.6 is 23.2 Å². The normalized spacial score (nSPS) is 10.7. The molecule has 0 saturated carbocycles. The lowest BCUT2D eigenvalue weighted by Crippen LogP contribution is -1.97. The van der Waals surface area contributed by atoms with Crippen LogP contribution in [-0.4, -0.2) is 26.1 Å². The van der Waals surface area contributed by atoms with Crippen LogP contribution in [-0.2, 0) is 11.2 Å². The van der Waals surface area contributed by atoms with E-state index in [1.54, 1.807) is 6.20 Å². The fourth-order valence-corrected chi connectivity index (χ4v) is 1.92. The van der Waals surface area contributed by atoms with Crippen LogP contribution in [0, 0.1) is 5.82 Å². The van der Waals surface area contributed by atoms with Gasteiger partial charge in [0.1, 0.15) is 0 Å². The van der Waals surface area contributed by atoms with E-state index in [1.165, 1.54) is 16.8 Å². The van der Waals surface area contributed by atoms with Gasteiger partial charge in [-0.3, -0.25) is 4.79 Å². The molecule has 0 aliphatic carbocycles. The number of rotatable bonds is 4. The number of carboxylic acids is 1. The van der Waals surface area contributed by atoms with E-state index in [0.717, 1.165) is 0 Å². The highest BCUT2D eigenvalue weighted by atomic mass is 35.5. The maximum Gasteiger partial charge on any atom is 0.303 e. The summed E-state index contributed by atoms with van der Waals surface area (Å²) in [6, 6.07) is 2.72. The number of benzene rings is 1. The molecule has 0 aliphatic rings. The molecule has 100 valence electrons. The van der Waals surface area contributed by atoms with Gasteiger partial charge in [-0.25, -0.2) is 9.07 Å². The lowest BCUT2D eigenvalue weighted by Gasteiger charge is -2.03. The van der Waals surface area contributed by atoms with Gasteiger partial charge in [0, 0.05) is 6.42 Å². The molecular formula is C11H8Cl2FN3O2. The largest absolute Gasteiger partial charge is 0.481 e. The van der Waals surface area contributed by atoms with Crippen LogP contribution in [0.15, 0.2) is 18.3 Å². The fourth-order valence-electron chi connectivity index (χ4n) is 1.45. The summed E-state index contributed by atoms with van der Waals surface area (Å²) < 4.78 is 14.6. The molecule has 0 fully saturated rings. The first-order valence-corrected chi connectivity index (χ1v) is 6.01. The first-order valence-electron chi connectivity index (χ1n) is 5.25. The molecule has 0 radical (unpaired) electrons. The van der Waals surface area contributed by atoms with E-state index in [-0.39, 0.29) is 22.9 Å². The van der Waals surface area contributed by atoms with Crippen LogP contribution in [0.1, 0.15) is 12.1 Å². The molecule has 0 spiro atoms. The average molecular weight is 304 g/mol. The van der Waals surface area contributed by atoms with Crippen LogP contribution in [0.4, 0.5) is 4.39 Å². The predicted molar refractivity (Wildman–Crippen MR) is 67.3 cm³/mol. The van der Waals surface area contributed by atoms with E-state index in [1.807, 2.05) is 0 Å². The molecule has 19 heavy (non-hydrogen) atoms. The van der Waals surface area contributed by atoms with Crippen molar-refractivity contribution in [2.45, 2.75) is 12.8 Å². The maximum absolute atomic E-state index is 13.3. The highest BCUT2D eigenvalue weighted by Crippen LogP contribution is 2.26. The van der Waals surface area contributed by atoms with Crippen molar-refractivity contribution in [2.24, 2.45) is 0 Å². The Labute approximate surface area is 117 Å². The lowest BCUT2D eigenvalue weighted by molar-refractivity contribution is -0.136. The van der Waals surface area contributed by atoms with E-state index in [0.29, 0.717) is 11.4 Å². The third kappa shape index (κ3) is 3.21. The van der Waals surface area contributed by atoms with Gasteiger partial charge in [-0.1, -0.05) is 28.4 Å². The minimum absolute atomic E-state index is 0.0381. The Bertz CT molecular complexity index is 607. The second-order valence-corrected chi connectivity index (χ2v) is 4.59. The predicted octanol–water partition coefficient (Wildman–Crippen LogP) is 2.73. The number of aliphatic carboxylic acids is 1. The summed E-state index contributed by atoms with van der Waals surface area (Å²) >= 11 is 11.4. The number of hydrogen-bond acceptors (Lipinski definition) is 3. The molecule has 2 aromatic rings. The van der Waals surface area contributed by atoms with Crippen LogP contribution in [0.5, 0.6) is 0 Å². The minimum Gasteiger partial charge on any atom is -0.481 e. The summed E-state index contributed by atoms with van der Waals surface area (Å²) in [4.78, 5) is 10.4. The van der Waals surface area contributed by atoms with Crippen LogP contribution in [0.2, 0.25) is 10.0 Å². The molecule has 8 heteroatoms. The Morgan fingerprint density at radius 1 is 1.37 bits per heavy atom. The standard InChI is InChI=1S/C11H8Cl2FN3O2/c12-8-3-7(4-9(13)11(8)14)17-5-6(15-16-17)1-2-10(18)19/h3-5H,1-2H2,(H,18,19). The summed E-state index contributed by atoms with van der Waals surface area (Å²) in [5.74, 6) is -1.61. The van der Waals surface area contributed by atoms with Gasteiger partial charge in [-0.05, 0) is 12.1 Å². The Morgan fingerprint density at radius 3 is 2.58 bits per heavy atom. The van der Waals surface area contributed by atoms with Gasteiger partial charge >= 0.3 is 5.97 Å². The van der Waals surface area contributed by atoms with Crippen molar-refractivity contribution in [1.29, 1.82) is 0 Å². The van der Waals surface area contributed by atoms with Crippen LogP contribution < -0.4 is 0 Å². The first kappa shape index (κ1) is 13.8. The summed E-state index contributed by atoms with van der Waals surface area (Å²) in [6.07, 6.45) is 1.77. The van der Waals surface area contributed by atoms with Crippen LogP contribution in [0.25, 0.3) is 5.69 Å². The van der Waals surface area contributed by atoms with Gasteiger partial charge in [-0.2, -0.15) is 0 Å². The Hall–Kier alpha value is -1.66. The van der Waals surface area contributed by atoms with Crippen molar-refractivity contribution in [3.63, 3.8) is 0 Å². The van der Waals surface area contributed by atoms with E-state index >= 15 is 0 Å². The third-order valence-corrected chi connectivity index (χ3v) is 2.92. The number of hydrogen-bond donors (Lipinski definition) is 1. The summed E-state index contributed by atoms with van der Waals surface area (Å²) in [5.41, 5.74) is 0.962. The smallest absolute Gasteiger partial charge is 0.303 e. The summed E-state index contributed by atoms with van der Waals surface area (Å²) in [6.45, 7) is 0. The van der Waals surface area contributed by atoms with Gasteiger partial charge in [-0.15, -0.1) is 5.10 Å². The Balaban J connectivity index is 2.25. The molecule has 0 saturated heterocycles. The highest BCUT2D eigenvalue weighted by Gasteiger charge is 2.11. The fraction of sp³-hybridized carbons (Fsp3) is 0.182. The number of halogens is 3. The number of aryl methyl sites for hydroxylation is 1. The molecule has 0 aliphatic heterocycles. The van der Waals surface area contributed by atoms with Crippen molar-refractivity contribution >= 4 is 29.2 Å². The Kier molecular flexibility index (Phi) is 4.01. The van der Waals surface area contributed by atoms with E-state index in [2.05, 4.69) is 10.3 Å². The van der Waals surface area contributed by atoms with Crippen molar-refractivity contribution in [3.05, 3.63) is 39.9 Å². The van der Waals surface area contributed by atoms with Crippen molar-refractivity contribution in [1.82, 2.24) is 15.0 Å². The molecule has 2 rings (SSSR count). The van der Waals surface area contributed by atoms with Gasteiger partial charge in [0.15, 0.2) is 5.82 Å². The van der Waals surface area contributed by atoms with Crippen LogP contribution in [0.3, 0.4) is 0 Å². The van der Waals surface area contributed by atoms with E-state index < -0.39 is 11.8 Å². The molecule has 0 bridgehead atoms. The zero-order chi connectivity index (χ0) is 14.0. The Morgan fingerprint density at radius 2 is 2.00 bits per heavy atom. The zero-order valence-electron chi connectivity index (χ0n) is 9.48. The molecule has 5 nitrogen and oxygen atoms in total. The highest BCUT2D eigenvalue weighted by molar-refractivity contribution is 6.35. The van der Waals surface area contributed by atoms with Crippen molar-refractivity contribution in [3.8, 4) is 5.69 Å². The van der Waals surface area contributed by atoms with Gasteiger partial charge in [0.25, 0.3) is 0 Å². The van der Waals surface area contributed by atoms with Gasteiger partial charge in [0.2, 0.25) is 0 Å². The molecule has 0 unspecified atom stereocenters. The summed E-state index contributed by atoms with van der Waals surface area (Å²) in [7, 11) is 0.